The largest absolute Gasteiger partial charge is 0.496 e. The van der Waals surface area contributed by atoms with Gasteiger partial charge in [-0.2, -0.15) is 5.10 Å². The zero-order valence-electron chi connectivity index (χ0n) is 13.4. The highest BCUT2D eigenvalue weighted by Crippen LogP contribution is 2.25. The number of carbonyl (C=O) groups is 1. The summed E-state index contributed by atoms with van der Waals surface area (Å²) in [5.74, 6) is 0.769. The summed E-state index contributed by atoms with van der Waals surface area (Å²) < 4.78 is 7.08. The molecule has 1 heterocycles. The first kappa shape index (κ1) is 15.9. The fourth-order valence-corrected chi connectivity index (χ4v) is 2.26. The fourth-order valence-electron chi connectivity index (χ4n) is 2.26. The topological polar surface area (TPSA) is 68.2 Å². The van der Waals surface area contributed by atoms with E-state index in [1.165, 1.54) is 0 Å². The summed E-state index contributed by atoms with van der Waals surface area (Å²) in [6, 6.07) is 7.41. The third-order valence-electron chi connectivity index (χ3n) is 3.55. The molecule has 0 aliphatic heterocycles. The maximum atomic E-state index is 12.0. The second kappa shape index (κ2) is 6.98. The van der Waals surface area contributed by atoms with Crippen molar-refractivity contribution in [1.29, 1.82) is 0 Å². The van der Waals surface area contributed by atoms with Crippen molar-refractivity contribution in [3.05, 3.63) is 47.3 Å². The minimum absolute atomic E-state index is 0.151. The minimum atomic E-state index is -0.225. The molecule has 0 aliphatic carbocycles. The Balaban J connectivity index is 1.96. The molecule has 118 valence electrons. The number of aryl methyl sites for hydroxylation is 2. The SMILES string of the molecule is COc1ccc(C)cc1C(C)NC(=O)NCc1ccnn1C. The van der Waals surface area contributed by atoms with E-state index in [1.54, 1.807) is 18.0 Å². The first-order chi connectivity index (χ1) is 10.5. The van der Waals surface area contributed by atoms with Crippen molar-refractivity contribution in [2.45, 2.75) is 26.4 Å². The van der Waals surface area contributed by atoms with Crippen molar-refractivity contribution in [3.8, 4) is 5.75 Å². The van der Waals surface area contributed by atoms with Gasteiger partial charge in [0.1, 0.15) is 5.75 Å². The molecule has 0 radical (unpaired) electrons. The van der Waals surface area contributed by atoms with Crippen LogP contribution >= 0.6 is 0 Å². The maximum absolute atomic E-state index is 12.0. The van der Waals surface area contributed by atoms with Gasteiger partial charge < -0.3 is 15.4 Å². The van der Waals surface area contributed by atoms with Crippen molar-refractivity contribution in [2.24, 2.45) is 7.05 Å². The standard InChI is InChI=1S/C16H22N4O2/c1-11-5-6-15(22-4)14(9-11)12(2)19-16(21)17-10-13-7-8-18-20(13)3/h5-9,12H,10H2,1-4H3,(H2,17,19,21). The van der Waals surface area contributed by atoms with Gasteiger partial charge in [-0.1, -0.05) is 17.7 Å². The lowest BCUT2D eigenvalue weighted by atomic mass is 10.0. The van der Waals surface area contributed by atoms with E-state index in [0.717, 1.165) is 22.6 Å². The average molecular weight is 302 g/mol. The summed E-state index contributed by atoms with van der Waals surface area (Å²) >= 11 is 0. The molecule has 0 bridgehead atoms. The van der Waals surface area contributed by atoms with Crippen LogP contribution in [0.15, 0.2) is 30.5 Å². The zero-order valence-corrected chi connectivity index (χ0v) is 13.4. The Morgan fingerprint density at radius 2 is 2.18 bits per heavy atom. The molecule has 0 fully saturated rings. The number of carbonyl (C=O) groups excluding carboxylic acids is 1. The molecule has 1 atom stereocenters. The van der Waals surface area contributed by atoms with Crippen molar-refractivity contribution in [2.75, 3.05) is 7.11 Å². The predicted molar refractivity (Wildman–Crippen MR) is 84.7 cm³/mol. The average Bonchev–Trinajstić information content (AvgIpc) is 2.90. The third-order valence-corrected chi connectivity index (χ3v) is 3.55. The number of rotatable bonds is 5. The Morgan fingerprint density at radius 1 is 1.41 bits per heavy atom. The van der Waals surface area contributed by atoms with Gasteiger partial charge in [0.05, 0.1) is 25.4 Å². The number of ether oxygens (including phenoxy) is 1. The lowest BCUT2D eigenvalue weighted by molar-refractivity contribution is 0.237. The summed E-state index contributed by atoms with van der Waals surface area (Å²) in [5.41, 5.74) is 3.02. The van der Waals surface area contributed by atoms with Gasteiger partial charge in [-0.3, -0.25) is 4.68 Å². The van der Waals surface area contributed by atoms with E-state index in [2.05, 4.69) is 15.7 Å². The minimum Gasteiger partial charge on any atom is -0.496 e. The number of nitrogens with one attached hydrogen (secondary N) is 2. The predicted octanol–water partition coefficient (Wildman–Crippen LogP) is 2.30. The van der Waals surface area contributed by atoms with Gasteiger partial charge in [-0.15, -0.1) is 0 Å². The van der Waals surface area contributed by atoms with E-state index in [0.29, 0.717) is 6.54 Å². The molecule has 6 heteroatoms. The Kier molecular flexibility index (Phi) is 5.04. The molecule has 2 rings (SSSR count). The number of urea groups is 1. The van der Waals surface area contributed by atoms with Crippen molar-refractivity contribution >= 4 is 6.03 Å². The number of amides is 2. The summed E-state index contributed by atoms with van der Waals surface area (Å²) in [7, 11) is 3.47. The normalized spacial score (nSPS) is 11.8. The number of nitrogens with zero attached hydrogens (tertiary/aromatic N) is 2. The molecule has 0 saturated carbocycles. The molecule has 2 amide bonds. The van der Waals surface area contributed by atoms with Crippen molar-refractivity contribution < 1.29 is 9.53 Å². The second-order valence-electron chi connectivity index (χ2n) is 5.24. The third kappa shape index (κ3) is 3.78. The van der Waals surface area contributed by atoms with E-state index >= 15 is 0 Å². The van der Waals surface area contributed by atoms with Gasteiger partial charge in [0, 0.05) is 18.8 Å². The fraction of sp³-hybridized carbons (Fsp3) is 0.375. The molecule has 0 saturated heterocycles. The van der Waals surface area contributed by atoms with Crippen LogP contribution in [0.4, 0.5) is 4.79 Å². The van der Waals surface area contributed by atoms with Crippen LogP contribution in [0.2, 0.25) is 0 Å². The van der Waals surface area contributed by atoms with Crippen LogP contribution in [0.25, 0.3) is 0 Å². The molecule has 2 N–H and O–H groups in total. The Hall–Kier alpha value is -2.50. The molecule has 1 aromatic heterocycles. The van der Waals surface area contributed by atoms with E-state index in [4.69, 9.17) is 4.74 Å². The molecule has 22 heavy (non-hydrogen) atoms. The Morgan fingerprint density at radius 3 is 2.82 bits per heavy atom. The number of aromatic nitrogens is 2. The zero-order chi connectivity index (χ0) is 16.1. The number of benzene rings is 1. The number of hydrogen-bond acceptors (Lipinski definition) is 3. The summed E-state index contributed by atoms with van der Waals surface area (Å²) in [4.78, 5) is 12.0. The van der Waals surface area contributed by atoms with Gasteiger partial charge in [-0.25, -0.2) is 4.79 Å². The van der Waals surface area contributed by atoms with Crippen LogP contribution in [0.1, 0.15) is 29.8 Å². The van der Waals surface area contributed by atoms with Crippen LogP contribution in [0, 0.1) is 6.92 Å². The van der Waals surface area contributed by atoms with E-state index in [9.17, 15) is 4.79 Å². The van der Waals surface area contributed by atoms with Crippen LogP contribution in [0.5, 0.6) is 5.75 Å². The van der Waals surface area contributed by atoms with Crippen molar-refractivity contribution in [3.63, 3.8) is 0 Å². The second-order valence-corrected chi connectivity index (χ2v) is 5.24. The molecule has 6 nitrogen and oxygen atoms in total. The van der Waals surface area contributed by atoms with Gasteiger partial charge in [0.25, 0.3) is 0 Å². The number of methoxy groups -OCH3 is 1. The van der Waals surface area contributed by atoms with Crippen LogP contribution < -0.4 is 15.4 Å². The van der Waals surface area contributed by atoms with Gasteiger partial charge in [0.2, 0.25) is 0 Å². The summed E-state index contributed by atoms with van der Waals surface area (Å²) in [6.45, 7) is 4.37. The molecule has 2 aromatic rings. The highest BCUT2D eigenvalue weighted by atomic mass is 16.5. The van der Waals surface area contributed by atoms with E-state index in [1.807, 2.05) is 45.2 Å². The molecular weight excluding hydrogens is 280 g/mol. The molecule has 1 unspecified atom stereocenters. The molecule has 0 aliphatic rings. The lowest BCUT2D eigenvalue weighted by Crippen LogP contribution is -2.37. The van der Waals surface area contributed by atoms with Gasteiger partial charge in [0.15, 0.2) is 0 Å². The molecule has 0 spiro atoms. The maximum Gasteiger partial charge on any atom is 0.315 e. The van der Waals surface area contributed by atoms with Crippen LogP contribution in [-0.2, 0) is 13.6 Å². The van der Waals surface area contributed by atoms with Gasteiger partial charge in [-0.05, 0) is 26.0 Å². The number of hydrogen-bond donors (Lipinski definition) is 2. The quantitative estimate of drug-likeness (QED) is 0.890. The highest BCUT2D eigenvalue weighted by Gasteiger charge is 2.14. The van der Waals surface area contributed by atoms with Crippen molar-refractivity contribution in [1.82, 2.24) is 20.4 Å². The summed E-state index contributed by atoms with van der Waals surface area (Å²) in [6.07, 6.45) is 1.70. The van der Waals surface area contributed by atoms with E-state index < -0.39 is 0 Å². The molecule has 1 aromatic carbocycles. The Labute approximate surface area is 130 Å². The van der Waals surface area contributed by atoms with Crippen LogP contribution in [0.3, 0.4) is 0 Å². The van der Waals surface area contributed by atoms with Crippen LogP contribution in [-0.4, -0.2) is 22.9 Å². The first-order valence-electron chi connectivity index (χ1n) is 7.17. The Bertz CT molecular complexity index is 651. The highest BCUT2D eigenvalue weighted by molar-refractivity contribution is 5.74. The monoisotopic (exact) mass is 302 g/mol. The summed E-state index contributed by atoms with van der Waals surface area (Å²) in [5, 5.41) is 9.81. The van der Waals surface area contributed by atoms with E-state index in [-0.39, 0.29) is 12.1 Å². The van der Waals surface area contributed by atoms with Gasteiger partial charge >= 0.3 is 6.03 Å². The first-order valence-corrected chi connectivity index (χ1v) is 7.17. The smallest absolute Gasteiger partial charge is 0.315 e. The molecular formula is C16H22N4O2. The lowest BCUT2D eigenvalue weighted by Gasteiger charge is -2.18.